The summed E-state index contributed by atoms with van der Waals surface area (Å²) in [5.74, 6) is 1.86. The Kier molecular flexibility index (Phi) is 7.04. The molecular formula is C18H29NO2. The van der Waals surface area contributed by atoms with E-state index in [-0.39, 0.29) is 12.5 Å². The molecule has 1 aromatic carbocycles. The number of nitrogens with one attached hydrogen (secondary N) is 1. The van der Waals surface area contributed by atoms with E-state index in [1.54, 1.807) is 0 Å². The molecule has 0 bridgehead atoms. The third-order valence-electron chi connectivity index (χ3n) is 4.50. The van der Waals surface area contributed by atoms with Crippen LogP contribution in [0.2, 0.25) is 0 Å². The lowest BCUT2D eigenvalue weighted by Gasteiger charge is -2.22. The van der Waals surface area contributed by atoms with Crippen molar-refractivity contribution in [3.8, 4) is 5.75 Å². The monoisotopic (exact) mass is 291 g/mol. The van der Waals surface area contributed by atoms with Crippen LogP contribution in [0.1, 0.15) is 50.0 Å². The Morgan fingerprint density at radius 1 is 1.29 bits per heavy atom. The summed E-state index contributed by atoms with van der Waals surface area (Å²) >= 11 is 0. The number of hydrogen-bond acceptors (Lipinski definition) is 3. The smallest absolute Gasteiger partial charge is 0.119 e. The molecule has 1 aromatic rings. The number of benzene rings is 1. The zero-order valence-electron chi connectivity index (χ0n) is 13.2. The molecule has 118 valence electrons. The molecule has 3 nitrogen and oxygen atoms in total. The van der Waals surface area contributed by atoms with Gasteiger partial charge in [0.1, 0.15) is 5.75 Å². The highest BCUT2D eigenvalue weighted by molar-refractivity contribution is 5.31. The molecule has 0 heterocycles. The molecule has 0 saturated heterocycles. The van der Waals surface area contributed by atoms with Crippen molar-refractivity contribution >= 4 is 0 Å². The van der Waals surface area contributed by atoms with Crippen molar-refractivity contribution in [3.63, 3.8) is 0 Å². The van der Waals surface area contributed by atoms with E-state index in [2.05, 4.69) is 17.4 Å². The van der Waals surface area contributed by atoms with Crippen molar-refractivity contribution in [3.05, 3.63) is 29.8 Å². The maximum absolute atomic E-state index is 9.56. The summed E-state index contributed by atoms with van der Waals surface area (Å²) in [7, 11) is 1.94. The predicted octanol–water partition coefficient (Wildman–Crippen LogP) is 3.33. The molecule has 0 spiro atoms. The third-order valence-corrected chi connectivity index (χ3v) is 4.50. The van der Waals surface area contributed by atoms with E-state index >= 15 is 0 Å². The van der Waals surface area contributed by atoms with Gasteiger partial charge in [0, 0.05) is 12.5 Å². The van der Waals surface area contributed by atoms with Crippen molar-refractivity contribution < 1.29 is 9.84 Å². The topological polar surface area (TPSA) is 41.5 Å². The third kappa shape index (κ3) is 5.33. The maximum Gasteiger partial charge on any atom is 0.119 e. The molecular weight excluding hydrogens is 262 g/mol. The lowest BCUT2D eigenvalue weighted by molar-refractivity contribution is 0.208. The second-order valence-corrected chi connectivity index (χ2v) is 6.16. The fraction of sp³-hybridized carbons (Fsp3) is 0.667. The zero-order chi connectivity index (χ0) is 14.9. The Labute approximate surface area is 128 Å². The van der Waals surface area contributed by atoms with Gasteiger partial charge in [-0.25, -0.2) is 0 Å². The van der Waals surface area contributed by atoms with E-state index in [0.29, 0.717) is 0 Å². The molecule has 21 heavy (non-hydrogen) atoms. The molecule has 1 unspecified atom stereocenters. The summed E-state index contributed by atoms with van der Waals surface area (Å²) in [6.07, 6.45) is 7.65. The summed E-state index contributed by atoms with van der Waals surface area (Å²) < 4.78 is 5.99. The van der Waals surface area contributed by atoms with Crippen LogP contribution in [-0.4, -0.2) is 31.9 Å². The van der Waals surface area contributed by atoms with Crippen molar-refractivity contribution in [1.29, 1.82) is 0 Å². The molecule has 2 rings (SSSR count). The Morgan fingerprint density at radius 3 is 2.81 bits per heavy atom. The molecule has 0 amide bonds. The van der Waals surface area contributed by atoms with Gasteiger partial charge in [-0.2, -0.15) is 0 Å². The first-order valence-electron chi connectivity index (χ1n) is 8.31. The first kappa shape index (κ1) is 16.3. The van der Waals surface area contributed by atoms with Crippen molar-refractivity contribution in [2.45, 2.75) is 44.4 Å². The summed E-state index contributed by atoms with van der Waals surface area (Å²) in [5.41, 5.74) is 1.17. The van der Waals surface area contributed by atoms with Crippen LogP contribution >= 0.6 is 0 Å². The van der Waals surface area contributed by atoms with Crippen LogP contribution in [0, 0.1) is 5.92 Å². The van der Waals surface area contributed by atoms with E-state index < -0.39 is 0 Å². The van der Waals surface area contributed by atoms with Crippen molar-refractivity contribution in [2.24, 2.45) is 5.92 Å². The van der Waals surface area contributed by atoms with Gasteiger partial charge < -0.3 is 15.2 Å². The number of aliphatic hydroxyl groups excluding tert-OH is 1. The highest BCUT2D eigenvalue weighted by atomic mass is 16.5. The summed E-state index contributed by atoms with van der Waals surface area (Å²) in [4.78, 5) is 0. The normalized spacial score (nSPS) is 17.6. The SMILES string of the molecule is CNCCC(CO)c1cccc(OCC2CCCCC2)c1. The number of rotatable bonds is 8. The standard InChI is InChI=1S/C18H29NO2/c1-19-11-10-17(13-20)16-8-5-9-18(12-16)21-14-15-6-3-2-4-7-15/h5,8-9,12,15,17,19-20H,2-4,6-7,10-11,13-14H2,1H3. The Bertz CT molecular complexity index is 402. The van der Waals surface area contributed by atoms with E-state index in [9.17, 15) is 5.11 Å². The van der Waals surface area contributed by atoms with Gasteiger partial charge in [-0.15, -0.1) is 0 Å². The second kappa shape index (κ2) is 9.06. The quantitative estimate of drug-likeness (QED) is 0.772. The number of hydrogen-bond donors (Lipinski definition) is 2. The fourth-order valence-electron chi connectivity index (χ4n) is 3.11. The highest BCUT2D eigenvalue weighted by Crippen LogP contribution is 2.26. The lowest BCUT2D eigenvalue weighted by Crippen LogP contribution is -2.16. The van der Waals surface area contributed by atoms with Gasteiger partial charge in [0.15, 0.2) is 0 Å². The van der Waals surface area contributed by atoms with Gasteiger partial charge in [0.2, 0.25) is 0 Å². The molecule has 3 heteroatoms. The van der Waals surface area contributed by atoms with Crippen LogP contribution in [0.4, 0.5) is 0 Å². The summed E-state index contributed by atoms with van der Waals surface area (Å²) in [6, 6.07) is 8.25. The molecule has 0 aromatic heterocycles. The molecule has 1 fully saturated rings. The van der Waals surface area contributed by atoms with Gasteiger partial charge in [-0.1, -0.05) is 31.4 Å². The Balaban J connectivity index is 1.89. The van der Waals surface area contributed by atoms with Crippen molar-refractivity contribution in [1.82, 2.24) is 5.32 Å². The minimum absolute atomic E-state index is 0.188. The first-order chi connectivity index (χ1) is 10.3. The van der Waals surface area contributed by atoms with Crippen molar-refractivity contribution in [2.75, 3.05) is 26.8 Å². The van der Waals surface area contributed by atoms with Crippen LogP contribution in [0.5, 0.6) is 5.75 Å². The summed E-state index contributed by atoms with van der Waals surface area (Å²) in [5, 5.41) is 12.7. The minimum atomic E-state index is 0.188. The average molecular weight is 291 g/mol. The van der Waals surface area contributed by atoms with Gasteiger partial charge >= 0.3 is 0 Å². The molecule has 1 aliphatic carbocycles. The Morgan fingerprint density at radius 2 is 2.10 bits per heavy atom. The highest BCUT2D eigenvalue weighted by Gasteiger charge is 2.15. The van der Waals surface area contributed by atoms with Gasteiger partial charge in [0.25, 0.3) is 0 Å². The summed E-state index contributed by atoms with van der Waals surface area (Å²) in [6.45, 7) is 1.94. The zero-order valence-corrected chi connectivity index (χ0v) is 13.2. The van der Waals surface area contributed by atoms with Gasteiger partial charge in [-0.3, -0.25) is 0 Å². The molecule has 1 aliphatic rings. The largest absolute Gasteiger partial charge is 0.493 e. The number of ether oxygens (including phenoxy) is 1. The van der Waals surface area contributed by atoms with Crippen LogP contribution < -0.4 is 10.1 Å². The van der Waals surface area contributed by atoms with E-state index in [1.165, 1.54) is 37.7 Å². The fourth-order valence-corrected chi connectivity index (χ4v) is 3.11. The Hall–Kier alpha value is -1.06. The maximum atomic E-state index is 9.56. The molecule has 2 N–H and O–H groups in total. The predicted molar refractivity (Wildman–Crippen MR) is 86.9 cm³/mol. The van der Waals surface area contributed by atoms with E-state index in [0.717, 1.165) is 31.2 Å². The lowest BCUT2D eigenvalue weighted by atomic mass is 9.90. The minimum Gasteiger partial charge on any atom is -0.493 e. The van der Waals surface area contributed by atoms with Crippen LogP contribution in [0.25, 0.3) is 0 Å². The van der Waals surface area contributed by atoms with Gasteiger partial charge in [-0.05, 0) is 56.5 Å². The second-order valence-electron chi connectivity index (χ2n) is 6.16. The average Bonchev–Trinajstić information content (AvgIpc) is 2.55. The molecule has 0 aliphatic heterocycles. The van der Waals surface area contributed by atoms with E-state index in [4.69, 9.17) is 4.74 Å². The van der Waals surface area contributed by atoms with Crippen LogP contribution in [-0.2, 0) is 0 Å². The number of aliphatic hydroxyl groups is 1. The first-order valence-corrected chi connectivity index (χ1v) is 8.31. The molecule has 0 radical (unpaired) electrons. The van der Waals surface area contributed by atoms with E-state index in [1.807, 2.05) is 19.2 Å². The van der Waals surface area contributed by atoms with Crippen LogP contribution in [0.3, 0.4) is 0 Å². The van der Waals surface area contributed by atoms with Crippen LogP contribution in [0.15, 0.2) is 24.3 Å². The molecule has 1 atom stereocenters. The van der Waals surface area contributed by atoms with Gasteiger partial charge in [0.05, 0.1) is 6.61 Å². The molecule has 1 saturated carbocycles.